The number of piperazine rings is 1. The molecule has 1 aliphatic carbocycles. The van der Waals surface area contributed by atoms with Crippen LogP contribution in [0, 0.1) is 0 Å². The van der Waals surface area contributed by atoms with Gasteiger partial charge in [-0.05, 0) is 45.4 Å². The number of rotatable bonds is 8. The highest BCUT2D eigenvalue weighted by atomic mass is 16.3. The number of hydrogen-bond donors (Lipinski definition) is 2. The maximum Gasteiger partial charge on any atom is 0.234 e. The molecule has 1 saturated heterocycles. The third-order valence-corrected chi connectivity index (χ3v) is 5.18. The Balaban J connectivity index is 1.67. The molecule has 0 aromatic rings. The van der Waals surface area contributed by atoms with Crippen LogP contribution in [0.3, 0.4) is 0 Å². The second kappa shape index (κ2) is 10.2. The highest BCUT2D eigenvalue weighted by molar-refractivity contribution is 5.78. The fourth-order valence-electron chi connectivity index (χ4n) is 3.82. The predicted molar refractivity (Wildman–Crippen MR) is 98.0 cm³/mol. The first-order chi connectivity index (χ1) is 11.6. The van der Waals surface area contributed by atoms with E-state index in [4.69, 9.17) is 0 Å². The number of carbonyl (C=O) groups excluding carboxylic acids is 1. The second-order valence-electron chi connectivity index (χ2n) is 7.35. The maximum absolute atomic E-state index is 12.2. The molecule has 0 spiro atoms. The zero-order valence-electron chi connectivity index (χ0n) is 15.5. The van der Waals surface area contributed by atoms with Crippen molar-refractivity contribution in [3.63, 3.8) is 0 Å². The molecule has 1 aliphatic heterocycles. The molecule has 0 saturated carbocycles. The van der Waals surface area contributed by atoms with Crippen molar-refractivity contribution in [3.8, 4) is 0 Å². The van der Waals surface area contributed by atoms with Gasteiger partial charge in [0.1, 0.15) is 0 Å². The maximum atomic E-state index is 12.2. The van der Waals surface area contributed by atoms with E-state index in [1.165, 1.54) is 31.3 Å². The van der Waals surface area contributed by atoms with E-state index in [0.29, 0.717) is 12.6 Å². The summed E-state index contributed by atoms with van der Waals surface area (Å²) in [6, 6.07) is 0.438. The Morgan fingerprint density at radius 1 is 1.42 bits per heavy atom. The summed E-state index contributed by atoms with van der Waals surface area (Å²) >= 11 is 0. The number of aliphatic hydroxyl groups is 1. The predicted octanol–water partition coefficient (Wildman–Crippen LogP) is 1.77. The summed E-state index contributed by atoms with van der Waals surface area (Å²) in [7, 11) is 0. The molecule has 1 heterocycles. The molecule has 1 amide bonds. The van der Waals surface area contributed by atoms with Gasteiger partial charge in [-0.2, -0.15) is 0 Å². The van der Waals surface area contributed by atoms with Gasteiger partial charge >= 0.3 is 0 Å². The van der Waals surface area contributed by atoms with Crippen molar-refractivity contribution >= 4 is 5.91 Å². The van der Waals surface area contributed by atoms with Crippen LogP contribution in [0.15, 0.2) is 11.6 Å². The average Bonchev–Trinajstić information content (AvgIpc) is 2.56. The molecule has 0 aromatic heterocycles. The monoisotopic (exact) mass is 337 g/mol. The molecule has 5 nitrogen and oxygen atoms in total. The largest absolute Gasteiger partial charge is 0.392 e. The first-order valence-electron chi connectivity index (χ1n) is 9.67. The Morgan fingerprint density at radius 2 is 2.25 bits per heavy atom. The lowest BCUT2D eigenvalue weighted by atomic mass is 9.97. The number of aliphatic hydroxyl groups excluding tert-OH is 1. The summed E-state index contributed by atoms with van der Waals surface area (Å²) in [5.74, 6) is 0.144. The van der Waals surface area contributed by atoms with Crippen molar-refractivity contribution in [3.05, 3.63) is 11.6 Å². The minimum Gasteiger partial charge on any atom is -0.392 e. The van der Waals surface area contributed by atoms with E-state index < -0.39 is 0 Å². The van der Waals surface area contributed by atoms with Gasteiger partial charge in [-0.3, -0.25) is 14.6 Å². The van der Waals surface area contributed by atoms with Crippen molar-refractivity contribution in [2.75, 3.05) is 39.3 Å². The van der Waals surface area contributed by atoms with Gasteiger partial charge in [0, 0.05) is 38.8 Å². The second-order valence-corrected chi connectivity index (χ2v) is 7.35. The van der Waals surface area contributed by atoms with Gasteiger partial charge in [0.25, 0.3) is 0 Å². The molecular formula is C19H35N3O2. The molecule has 24 heavy (non-hydrogen) atoms. The summed E-state index contributed by atoms with van der Waals surface area (Å²) in [4.78, 5) is 16.8. The van der Waals surface area contributed by atoms with Gasteiger partial charge in [-0.25, -0.2) is 0 Å². The molecule has 2 rings (SSSR count). The molecule has 0 radical (unpaired) electrons. The first-order valence-corrected chi connectivity index (χ1v) is 9.67. The van der Waals surface area contributed by atoms with E-state index >= 15 is 0 Å². The molecule has 0 aromatic carbocycles. The molecule has 5 heteroatoms. The van der Waals surface area contributed by atoms with Gasteiger partial charge in [-0.15, -0.1) is 0 Å². The zero-order chi connectivity index (χ0) is 17.4. The summed E-state index contributed by atoms with van der Waals surface area (Å²) < 4.78 is 0. The van der Waals surface area contributed by atoms with Crippen LogP contribution in [0.1, 0.15) is 52.4 Å². The third-order valence-electron chi connectivity index (χ3n) is 5.18. The van der Waals surface area contributed by atoms with Crippen molar-refractivity contribution in [1.82, 2.24) is 15.1 Å². The van der Waals surface area contributed by atoms with Crippen molar-refractivity contribution in [2.45, 2.75) is 64.5 Å². The highest BCUT2D eigenvalue weighted by Gasteiger charge is 2.27. The number of β-amino-alcohol motifs (C(OH)–C–C–N with tert-alkyl or cyclic N) is 1. The van der Waals surface area contributed by atoms with Crippen LogP contribution in [0.4, 0.5) is 0 Å². The van der Waals surface area contributed by atoms with E-state index in [9.17, 15) is 9.90 Å². The van der Waals surface area contributed by atoms with Crippen molar-refractivity contribution < 1.29 is 9.90 Å². The number of nitrogens with zero attached hydrogens (tertiary/aromatic N) is 2. The summed E-state index contributed by atoms with van der Waals surface area (Å²) in [6.45, 7) is 8.78. The summed E-state index contributed by atoms with van der Waals surface area (Å²) in [5.41, 5.74) is 1.51. The van der Waals surface area contributed by atoms with Gasteiger partial charge in [0.2, 0.25) is 5.91 Å². The lowest BCUT2D eigenvalue weighted by Gasteiger charge is -2.41. The Kier molecular flexibility index (Phi) is 8.22. The topological polar surface area (TPSA) is 55.8 Å². The summed E-state index contributed by atoms with van der Waals surface area (Å²) in [6.07, 6.45) is 9.15. The standard InChI is InChI=1S/C19H35N3O2/c1-3-18-14-21(11-12-22(18)13-16(2)23)15-19(24)20-10-9-17-7-5-4-6-8-17/h7,16,18,23H,3-6,8-15H2,1-2H3,(H,20,24). The molecule has 2 unspecified atom stereocenters. The van der Waals surface area contributed by atoms with Gasteiger partial charge < -0.3 is 10.4 Å². The van der Waals surface area contributed by atoms with E-state index in [2.05, 4.69) is 28.1 Å². The van der Waals surface area contributed by atoms with Crippen LogP contribution >= 0.6 is 0 Å². The quantitative estimate of drug-likeness (QED) is 0.663. The highest BCUT2D eigenvalue weighted by Crippen LogP contribution is 2.19. The number of nitrogens with one attached hydrogen (secondary N) is 1. The SMILES string of the molecule is CCC1CN(CC(=O)NCCC2=CCCCC2)CCN1CC(C)O. The first kappa shape index (κ1) is 19.4. The Morgan fingerprint density at radius 3 is 2.92 bits per heavy atom. The molecule has 2 atom stereocenters. The van der Waals surface area contributed by atoms with Crippen molar-refractivity contribution in [2.24, 2.45) is 0 Å². The fraction of sp³-hybridized carbons (Fsp3) is 0.842. The number of hydrogen-bond acceptors (Lipinski definition) is 4. The molecule has 138 valence electrons. The van der Waals surface area contributed by atoms with Crippen LogP contribution in [-0.2, 0) is 4.79 Å². The van der Waals surface area contributed by atoms with Gasteiger partial charge in [-0.1, -0.05) is 18.6 Å². The molecule has 2 N–H and O–H groups in total. The van der Waals surface area contributed by atoms with Gasteiger partial charge in [0.05, 0.1) is 12.6 Å². The van der Waals surface area contributed by atoms with E-state index in [0.717, 1.165) is 45.6 Å². The van der Waals surface area contributed by atoms with Crippen LogP contribution in [0.25, 0.3) is 0 Å². The average molecular weight is 338 g/mol. The smallest absolute Gasteiger partial charge is 0.234 e. The fourth-order valence-corrected chi connectivity index (χ4v) is 3.82. The number of carbonyl (C=O) groups is 1. The molecule has 1 fully saturated rings. The molecular weight excluding hydrogens is 302 g/mol. The third kappa shape index (κ3) is 6.54. The lowest BCUT2D eigenvalue weighted by Crippen LogP contribution is -2.56. The van der Waals surface area contributed by atoms with Crippen LogP contribution in [0.5, 0.6) is 0 Å². The summed E-state index contributed by atoms with van der Waals surface area (Å²) in [5, 5.41) is 12.7. The Hall–Kier alpha value is -0.910. The van der Waals surface area contributed by atoms with E-state index in [1.807, 2.05) is 6.92 Å². The van der Waals surface area contributed by atoms with Gasteiger partial charge in [0.15, 0.2) is 0 Å². The van der Waals surface area contributed by atoms with Crippen LogP contribution in [-0.4, -0.2) is 72.2 Å². The minimum absolute atomic E-state index is 0.144. The van der Waals surface area contributed by atoms with Crippen LogP contribution in [0.2, 0.25) is 0 Å². The van der Waals surface area contributed by atoms with E-state index in [1.54, 1.807) is 0 Å². The number of allylic oxidation sites excluding steroid dienone is 1. The van der Waals surface area contributed by atoms with Crippen LogP contribution < -0.4 is 5.32 Å². The Bertz CT molecular complexity index is 423. The van der Waals surface area contributed by atoms with E-state index in [-0.39, 0.29) is 12.0 Å². The lowest BCUT2D eigenvalue weighted by molar-refractivity contribution is -0.123. The molecule has 0 bridgehead atoms. The number of amides is 1. The Labute approximate surface area is 147 Å². The minimum atomic E-state index is -0.289. The van der Waals surface area contributed by atoms with Crippen molar-refractivity contribution in [1.29, 1.82) is 0 Å². The molecule has 2 aliphatic rings. The zero-order valence-corrected chi connectivity index (χ0v) is 15.5. The normalized spacial score (nSPS) is 24.5.